The molecule has 1 amide bonds. The maximum atomic E-state index is 13.3. The minimum Gasteiger partial charge on any atom is -0.497 e. The van der Waals surface area contributed by atoms with Crippen LogP contribution in [-0.2, 0) is 10.2 Å². The number of rotatable bonds is 6. The van der Waals surface area contributed by atoms with Crippen LogP contribution in [0.1, 0.15) is 25.8 Å². The van der Waals surface area contributed by atoms with E-state index in [1.165, 1.54) is 0 Å². The first kappa shape index (κ1) is 19.8. The Bertz CT molecular complexity index is 1080. The molecule has 1 N–H and O–H groups in total. The van der Waals surface area contributed by atoms with Crippen molar-refractivity contribution in [1.82, 2.24) is 4.98 Å². The van der Waals surface area contributed by atoms with Gasteiger partial charge in [-0.15, -0.1) is 0 Å². The van der Waals surface area contributed by atoms with Crippen molar-refractivity contribution >= 4 is 11.7 Å². The highest BCUT2D eigenvalue weighted by Crippen LogP contribution is 2.38. The number of anilines is 1. The minimum atomic E-state index is -0.741. The van der Waals surface area contributed by atoms with Gasteiger partial charge in [0, 0.05) is 5.56 Å². The first-order valence-corrected chi connectivity index (χ1v) is 9.86. The molecule has 0 unspecified atom stereocenters. The third-order valence-electron chi connectivity index (χ3n) is 5.57. The molecule has 154 valence electrons. The zero-order valence-corrected chi connectivity index (χ0v) is 17.3. The van der Waals surface area contributed by atoms with Crippen molar-refractivity contribution in [3.8, 4) is 28.5 Å². The lowest BCUT2D eigenvalue weighted by Crippen LogP contribution is -2.37. The Morgan fingerprint density at radius 3 is 2.70 bits per heavy atom. The number of nitrogens with zero attached hydrogens (tertiary/aromatic N) is 1. The molecule has 4 rings (SSSR count). The Balaban J connectivity index is 1.59. The van der Waals surface area contributed by atoms with Crippen molar-refractivity contribution < 1.29 is 19.0 Å². The number of fused-ring (bicyclic) bond motifs is 1. The lowest BCUT2D eigenvalue weighted by Gasteiger charge is -2.27. The molecule has 1 atom stereocenters. The number of aromatic nitrogens is 1. The smallest absolute Gasteiger partial charge is 0.235 e. The summed E-state index contributed by atoms with van der Waals surface area (Å²) in [4.78, 5) is 17.9. The van der Waals surface area contributed by atoms with Gasteiger partial charge >= 0.3 is 0 Å². The number of hydrogen-bond acceptors (Lipinski definition) is 5. The van der Waals surface area contributed by atoms with Crippen LogP contribution in [0.5, 0.6) is 17.2 Å². The van der Waals surface area contributed by atoms with Gasteiger partial charge in [0.15, 0.2) is 11.5 Å². The maximum Gasteiger partial charge on any atom is 0.235 e. The average molecular weight is 404 g/mol. The third-order valence-corrected chi connectivity index (χ3v) is 5.57. The maximum absolute atomic E-state index is 13.3. The highest BCUT2D eigenvalue weighted by molar-refractivity contribution is 5.98. The van der Waals surface area contributed by atoms with E-state index in [-0.39, 0.29) is 12.7 Å². The molecule has 0 bridgehead atoms. The number of carbonyl (C=O) groups is 1. The fraction of sp³-hybridized carbons (Fsp3) is 0.250. The van der Waals surface area contributed by atoms with Crippen LogP contribution >= 0.6 is 0 Å². The molecule has 1 aromatic heterocycles. The number of benzene rings is 2. The first-order valence-electron chi connectivity index (χ1n) is 9.86. The van der Waals surface area contributed by atoms with Crippen molar-refractivity contribution in [2.75, 3.05) is 19.2 Å². The van der Waals surface area contributed by atoms with Gasteiger partial charge in [-0.25, -0.2) is 4.98 Å². The lowest BCUT2D eigenvalue weighted by atomic mass is 9.79. The van der Waals surface area contributed by atoms with E-state index in [1.54, 1.807) is 13.2 Å². The van der Waals surface area contributed by atoms with Gasteiger partial charge in [0.1, 0.15) is 11.6 Å². The lowest BCUT2D eigenvalue weighted by molar-refractivity contribution is -0.121. The second kappa shape index (κ2) is 8.06. The van der Waals surface area contributed by atoms with Crippen LogP contribution in [0.3, 0.4) is 0 Å². The molecule has 1 aliphatic rings. The number of hydrogen-bond donors (Lipinski definition) is 1. The number of methoxy groups -OCH3 is 1. The van der Waals surface area contributed by atoms with Crippen LogP contribution in [0.25, 0.3) is 11.3 Å². The molecule has 0 radical (unpaired) electrons. The Kier molecular flexibility index (Phi) is 5.31. The van der Waals surface area contributed by atoms with Crippen LogP contribution in [0, 0.1) is 0 Å². The molecular formula is C24H24N2O4. The van der Waals surface area contributed by atoms with E-state index in [0.29, 0.717) is 23.7 Å². The van der Waals surface area contributed by atoms with Crippen LogP contribution in [0.2, 0.25) is 0 Å². The summed E-state index contributed by atoms with van der Waals surface area (Å²) in [6, 6.07) is 18.9. The Labute approximate surface area is 175 Å². The predicted octanol–water partition coefficient (Wildman–Crippen LogP) is 4.79. The molecule has 1 aliphatic heterocycles. The molecule has 0 spiro atoms. The summed E-state index contributed by atoms with van der Waals surface area (Å²) in [6.07, 6.45) is 0.619. The molecule has 6 nitrogen and oxygen atoms in total. The SMILES string of the molecule is CC[C@@](C)(C(=O)Nc1cccc(-c2cccc(OC)c2)n1)c1ccc2c(c1)OCO2. The molecule has 0 saturated carbocycles. The topological polar surface area (TPSA) is 69.7 Å². The second-order valence-corrected chi connectivity index (χ2v) is 7.35. The van der Waals surface area contributed by atoms with Gasteiger partial charge in [-0.2, -0.15) is 0 Å². The van der Waals surface area contributed by atoms with Crippen molar-refractivity contribution in [1.29, 1.82) is 0 Å². The highest BCUT2D eigenvalue weighted by Gasteiger charge is 2.35. The van der Waals surface area contributed by atoms with Crippen LogP contribution in [0.4, 0.5) is 5.82 Å². The van der Waals surface area contributed by atoms with Crippen molar-refractivity contribution in [3.05, 3.63) is 66.2 Å². The minimum absolute atomic E-state index is 0.126. The van der Waals surface area contributed by atoms with E-state index in [1.807, 2.05) is 68.4 Å². The van der Waals surface area contributed by atoms with Crippen LogP contribution in [-0.4, -0.2) is 24.8 Å². The van der Waals surface area contributed by atoms with Crippen LogP contribution < -0.4 is 19.5 Å². The molecular weight excluding hydrogens is 380 g/mol. The van der Waals surface area contributed by atoms with E-state index in [4.69, 9.17) is 14.2 Å². The van der Waals surface area contributed by atoms with Gasteiger partial charge in [0.25, 0.3) is 0 Å². The Morgan fingerprint density at radius 2 is 1.90 bits per heavy atom. The largest absolute Gasteiger partial charge is 0.497 e. The molecule has 2 aromatic carbocycles. The predicted molar refractivity (Wildman–Crippen MR) is 115 cm³/mol. The number of amides is 1. The number of pyridine rings is 1. The summed E-state index contributed by atoms with van der Waals surface area (Å²) in [5.41, 5.74) is 1.80. The summed E-state index contributed by atoms with van der Waals surface area (Å²) < 4.78 is 16.2. The van der Waals surface area contributed by atoms with Gasteiger partial charge < -0.3 is 19.5 Å². The normalized spacial score (nSPS) is 14.1. The van der Waals surface area contributed by atoms with E-state index in [2.05, 4.69) is 10.3 Å². The van der Waals surface area contributed by atoms with Gasteiger partial charge in [0.2, 0.25) is 12.7 Å². The zero-order valence-electron chi connectivity index (χ0n) is 17.3. The molecule has 30 heavy (non-hydrogen) atoms. The van der Waals surface area contributed by atoms with Gasteiger partial charge in [-0.1, -0.05) is 31.2 Å². The van der Waals surface area contributed by atoms with Crippen molar-refractivity contribution in [2.24, 2.45) is 0 Å². The summed E-state index contributed by atoms with van der Waals surface area (Å²) >= 11 is 0. The summed E-state index contributed by atoms with van der Waals surface area (Å²) in [6.45, 7) is 4.12. The fourth-order valence-electron chi connectivity index (χ4n) is 3.44. The number of ether oxygens (including phenoxy) is 3. The van der Waals surface area contributed by atoms with E-state index < -0.39 is 5.41 Å². The van der Waals surface area contributed by atoms with Crippen molar-refractivity contribution in [3.63, 3.8) is 0 Å². The quantitative estimate of drug-likeness (QED) is 0.640. The highest BCUT2D eigenvalue weighted by atomic mass is 16.7. The summed E-state index contributed by atoms with van der Waals surface area (Å²) in [5, 5.41) is 2.99. The zero-order chi connectivity index (χ0) is 21.1. The van der Waals surface area contributed by atoms with Gasteiger partial charge in [-0.05, 0) is 55.3 Å². The van der Waals surface area contributed by atoms with E-state index in [9.17, 15) is 4.79 Å². The standard InChI is InChI=1S/C24H24N2O4/c1-4-24(2,17-11-12-20-21(14-17)30-15-29-20)23(27)26-22-10-6-9-19(25-22)16-7-5-8-18(13-16)28-3/h5-14H,4,15H2,1-3H3,(H,25,26,27)/t24-/m1/s1. The monoisotopic (exact) mass is 404 g/mol. The molecule has 0 aliphatic carbocycles. The average Bonchev–Trinajstić information content (AvgIpc) is 3.26. The molecule has 0 saturated heterocycles. The molecule has 6 heteroatoms. The number of nitrogens with one attached hydrogen (secondary N) is 1. The Morgan fingerprint density at radius 1 is 1.10 bits per heavy atom. The first-order chi connectivity index (χ1) is 14.5. The molecule has 0 fully saturated rings. The fourth-order valence-corrected chi connectivity index (χ4v) is 3.44. The van der Waals surface area contributed by atoms with E-state index >= 15 is 0 Å². The molecule has 3 aromatic rings. The van der Waals surface area contributed by atoms with Crippen molar-refractivity contribution in [2.45, 2.75) is 25.7 Å². The van der Waals surface area contributed by atoms with Crippen LogP contribution in [0.15, 0.2) is 60.7 Å². The van der Waals surface area contributed by atoms with Gasteiger partial charge in [-0.3, -0.25) is 4.79 Å². The molecule has 2 heterocycles. The van der Waals surface area contributed by atoms with Gasteiger partial charge in [0.05, 0.1) is 18.2 Å². The Hall–Kier alpha value is -3.54. The number of carbonyl (C=O) groups excluding carboxylic acids is 1. The summed E-state index contributed by atoms with van der Waals surface area (Å²) in [7, 11) is 1.63. The third kappa shape index (κ3) is 3.68. The summed E-state index contributed by atoms with van der Waals surface area (Å²) in [5.74, 6) is 2.49. The van der Waals surface area contributed by atoms with E-state index in [0.717, 1.165) is 22.6 Å². The second-order valence-electron chi connectivity index (χ2n) is 7.35.